The summed E-state index contributed by atoms with van der Waals surface area (Å²) in [5.41, 5.74) is 3.53. The van der Waals surface area contributed by atoms with E-state index in [1.807, 2.05) is 52.9 Å². The molecule has 0 aromatic carbocycles. The quantitative estimate of drug-likeness (QED) is 0.443. The third kappa shape index (κ3) is 7.03. The lowest BCUT2D eigenvalue weighted by molar-refractivity contribution is 0.0240. The molecular weight excluding hydrogens is 480 g/mol. The molecule has 2 aliphatic rings. The highest BCUT2D eigenvalue weighted by atomic mass is 16.6. The van der Waals surface area contributed by atoms with Crippen LogP contribution in [0, 0.1) is 12.8 Å². The van der Waals surface area contributed by atoms with Gasteiger partial charge in [0.25, 0.3) is 0 Å². The number of carbonyl (C=O) groups is 2. The van der Waals surface area contributed by atoms with Crippen LogP contribution in [0.5, 0.6) is 0 Å². The van der Waals surface area contributed by atoms with E-state index in [-0.39, 0.29) is 12.1 Å². The van der Waals surface area contributed by atoms with Crippen LogP contribution in [-0.4, -0.2) is 65.3 Å². The first-order chi connectivity index (χ1) is 18.1. The van der Waals surface area contributed by atoms with E-state index in [0.29, 0.717) is 44.3 Å². The topological polar surface area (TPSA) is 84.9 Å². The molecule has 1 saturated carbocycles. The summed E-state index contributed by atoms with van der Waals surface area (Å²) >= 11 is 0. The summed E-state index contributed by atoms with van der Waals surface area (Å²) in [7, 11) is 0. The Bertz CT molecular complexity index is 1130. The van der Waals surface area contributed by atoms with Crippen LogP contribution in [0.3, 0.4) is 0 Å². The second-order valence-electron chi connectivity index (χ2n) is 11.4. The van der Waals surface area contributed by atoms with E-state index in [9.17, 15) is 9.59 Å². The van der Waals surface area contributed by atoms with Crippen LogP contribution in [0.4, 0.5) is 10.6 Å². The van der Waals surface area contributed by atoms with E-state index >= 15 is 0 Å². The van der Waals surface area contributed by atoms with Crippen LogP contribution >= 0.6 is 0 Å². The fourth-order valence-corrected chi connectivity index (χ4v) is 5.34. The molecule has 2 aromatic heterocycles. The van der Waals surface area contributed by atoms with Crippen LogP contribution < -0.4 is 4.90 Å². The molecule has 0 atom stereocenters. The summed E-state index contributed by atoms with van der Waals surface area (Å²) in [4.78, 5) is 39.1. The normalized spacial score (nSPS) is 16.9. The lowest BCUT2D eigenvalue weighted by Crippen LogP contribution is -2.50. The van der Waals surface area contributed by atoms with Crippen LogP contribution in [0.15, 0.2) is 24.4 Å². The van der Waals surface area contributed by atoms with Crippen molar-refractivity contribution in [1.29, 1.82) is 0 Å². The summed E-state index contributed by atoms with van der Waals surface area (Å²) in [6.07, 6.45) is 8.99. The SMILES string of the molecule is CCOC(=O)c1cc(-c2ccnc(CC3CCCCC3)c2)nc(N2CCN(C(=O)OC(C)(C)C)CC2)c1C. The Morgan fingerprint density at radius 3 is 2.42 bits per heavy atom. The first-order valence-electron chi connectivity index (χ1n) is 14.0. The fourth-order valence-electron chi connectivity index (χ4n) is 5.34. The van der Waals surface area contributed by atoms with Gasteiger partial charge in [-0.05, 0) is 65.2 Å². The highest BCUT2D eigenvalue weighted by Gasteiger charge is 2.28. The average molecular weight is 523 g/mol. The van der Waals surface area contributed by atoms with E-state index in [1.54, 1.807) is 4.90 Å². The Hall–Kier alpha value is -3.16. The van der Waals surface area contributed by atoms with Gasteiger partial charge in [0.15, 0.2) is 0 Å². The zero-order chi connectivity index (χ0) is 27.3. The highest BCUT2D eigenvalue weighted by Crippen LogP contribution is 2.31. The predicted octanol–water partition coefficient (Wildman–Crippen LogP) is 5.81. The highest BCUT2D eigenvalue weighted by molar-refractivity contribution is 5.94. The zero-order valence-electron chi connectivity index (χ0n) is 23.6. The molecule has 2 aromatic rings. The van der Waals surface area contributed by atoms with Crippen molar-refractivity contribution in [3.63, 3.8) is 0 Å². The van der Waals surface area contributed by atoms with Crippen molar-refractivity contribution in [2.75, 3.05) is 37.7 Å². The lowest BCUT2D eigenvalue weighted by atomic mass is 9.86. The number of ether oxygens (including phenoxy) is 2. The largest absolute Gasteiger partial charge is 0.462 e. The van der Waals surface area contributed by atoms with E-state index in [4.69, 9.17) is 14.5 Å². The summed E-state index contributed by atoms with van der Waals surface area (Å²) in [6, 6.07) is 5.92. The molecule has 1 aliphatic heterocycles. The standard InChI is InChI=1S/C30H42N4O4/c1-6-37-28(35)25-20-26(23-12-13-31-24(19-23)18-22-10-8-7-9-11-22)32-27(21(25)2)33-14-16-34(17-15-33)29(36)38-30(3,4)5/h12-13,19-20,22H,6-11,14-18H2,1-5H3. The van der Waals surface area contributed by atoms with E-state index in [1.165, 1.54) is 32.1 Å². The number of pyridine rings is 2. The van der Waals surface area contributed by atoms with Crippen LogP contribution in [0.1, 0.15) is 81.4 Å². The van der Waals surface area contributed by atoms with Gasteiger partial charge in [-0.2, -0.15) is 0 Å². The first-order valence-corrected chi connectivity index (χ1v) is 14.0. The smallest absolute Gasteiger partial charge is 0.410 e. The molecule has 206 valence electrons. The maximum Gasteiger partial charge on any atom is 0.410 e. The molecule has 1 amide bonds. The molecule has 8 heteroatoms. The maximum absolute atomic E-state index is 12.9. The van der Waals surface area contributed by atoms with Crippen molar-refractivity contribution in [1.82, 2.24) is 14.9 Å². The van der Waals surface area contributed by atoms with Gasteiger partial charge < -0.3 is 19.3 Å². The Labute approximate surface area is 226 Å². The van der Waals surface area contributed by atoms with Gasteiger partial charge in [-0.3, -0.25) is 4.98 Å². The number of nitrogens with zero attached hydrogens (tertiary/aromatic N) is 4. The van der Waals surface area contributed by atoms with Crippen LogP contribution in [0.2, 0.25) is 0 Å². The lowest BCUT2D eigenvalue weighted by Gasteiger charge is -2.37. The average Bonchev–Trinajstić information content (AvgIpc) is 2.89. The van der Waals surface area contributed by atoms with Gasteiger partial charge >= 0.3 is 12.1 Å². The molecule has 8 nitrogen and oxygen atoms in total. The predicted molar refractivity (Wildman–Crippen MR) is 148 cm³/mol. The minimum absolute atomic E-state index is 0.301. The molecule has 2 fully saturated rings. The van der Waals surface area contributed by atoms with E-state index in [0.717, 1.165) is 34.8 Å². The second kappa shape index (κ2) is 12.1. The van der Waals surface area contributed by atoms with E-state index < -0.39 is 5.60 Å². The van der Waals surface area contributed by atoms with Gasteiger partial charge in [0.2, 0.25) is 0 Å². The fraction of sp³-hybridized carbons (Fsp3) is 0.600. The minimum atomic E-state index is -0.532. The minimum Gasteiger partial charge on any atom is -0.462 e. The molecule has 0 N–H and O–H groups in total. The molecule has 4 rings (SSSR count). The molecule has 3 heterocycles. The summed E-state index contributed by atoms with van der Waals surface area (Å²) in [6.45, 7) is 11.9. The van der Waals surface area contributed by atoms with Gasteiger partial charge in [0, 0.05) is 49.2 Å². The van der Waals surface area contributed by atoms with Crippen molar-refractivity contribution < 1.29 is 19.1 Å². The molecule has 0 radical (unpaired) electrons. The van der Waals surface area contributed by atoms with Crippen molar-refractivity contribution in [2.24, 2.45) is 5.92 Å². The molecule has 0 bridgehead atoms. The summed E-state index contributed by atoms with van der Waals surface area (Å²) < 4.78 is 10.9. The molecule has 38 heavy (non-hydrogen) atoms. The van der Waals surface area contributed by atoms with E-state index in [2.05, 4.69) is 16.0 Å². The molecule has 1 aliphatic carbocycles. The van der Waals surface area contributed by atoms with Gasteiger partial charge in [0.1, 0.15) is 11.4 Å². The number of esters is 1. The Balaban J connectivity index is 1.60. The molecule has 0 unspecified atom stereocenters. The monoisotopic (exact) mass is 522 g/mol. The molecular formula is C30H42N4O4. The number of aromatic nitrogens is 2. The third-order valence-corrected chi connectivity index (χ3v) is 7.31. The molecule has 1 saturated heterocycles. The third-order valence-electron chi connectivity index (χ3n) is 7.31. The number of carbonyl (C=O) groups excluding carboxylic acids is 2. The van der Waals surface area contributed by atoms with Gasteiger partial charge in [-0.1, -0.05) is 32.1 Å². The Kier molecular flexibility index (Phi) is 8.90. The number of rotatable bonds is 6. The van der Waals surface area contributed by atoms with Gasteiger partial charge in [-0.15, -0.1) is 0 Å². The molecule has 0 spiro atoms. The van der Waals surface area contributed by atoms with Crippen LogP contribution in [0.25, 0.3) is 11.3 Å². The van der Waals surface area contributed by atoms with Crippen molar-refractivity contribution >= 4 is 17.9 Å². The number of amides is 1. The van der Waals surface area contributed by atoms with Crippen molar-refractivity contribution in [2.45, 2.75) is 78.7 Å². The summed E-state index contributed by atoms with van der Waals surface area (Å²) in [5, 5.41) is 0. The van der Waals surface area contributed by atoms with Crippen molar-refractivity contribution in [3.8, 4) is 11.3 Å². The van der Waals surface area contributed by atoms with Crippen molar-refractivity contribution in [3.05, 3.63) is 41.2 Å². The second-order valence-corrected chi connectivity index (χ2v) is 11.4. The Morgan fingerprint density at radius 2 is 1.76 bits per heavy atom. The van der Waals surface area contributed by atoms with Gasteiger partial charge in [-0.25, -0.2) is 14.6 Å². The Morgan fingerprint density at radius 1 is 1.05 bits per heavy atom. The number of hydrogen-bond acceptors (Lipinski definition) is 7. The maximum atomic E-state index is 12.9. The number of hydrogen-bond donors (Lipinski definition) is 0. The summed E-state index contributed by atoms with van der Waals surface area (Å²) in [5.74, 6) is 1.09. The van der Waals surface area contributed by atoms with Crippen LogP contribution in [-0.2, 0) is 15.9 Å². The number of anilines is 1. The van der Waals surface area contributed by atoms with Gasteiger partial charge in [0.05, 0.1) is 17.9 Å². The number of piperazine rings is 1. The zero-order valence-corrected chi connectivity index (χ0v) is 23.6. The first kappa shape index (κ1) is 27.9.